The van der Waals surface area contributed by atoms with E-state index in [0.29, 0.717) is 31.5 Å². The van der Waals surface area contributed by atoms with E-state index in [1.807, 2.05) is 30.3 Å². The SMILES string of the molecule is CN(C)C(=O)C1(Nc2ccccc2)CCN(C(=O)c2ccnnc2)CC1. The van der Waals surface area contributed by atoms with E-state index in [2.05, 4.69) is 15.5 Å². The third-order valence-corrected chi connectivity index (χ3v) is 4.71. The van der Waals surface area contributed by atoms with E-state index in [4.69, 9.17) is 0 Å². The highest BCUT2D eigenvalue weighted by Gasteiger charge is 2.43. The van der Waals surface area contributed by atoms with E-state index < -0.39 is 5.54 Å². The number of benzene rings is 1. The van der Waals surface area contributed by atoms with Gasteiger partial charge in [0.25, 0.3) is 5.91 Å². The Labute approximate surface area is 153 Å². The standard InChI is InChI=1S/C19H23N5O2/c1-23(2)18(26)19(22-16-6-4-3-5-7-16)9-12-24(13-10-19)17(25)15-8-11-20-21-14-15/h3-8,11,14,22H,9-10,12-13H2,1-2H3. The molecule has 0 atom stereocenters. The molecule has 136 valence electrons. The van der Waals surface area contributed by atoms with Crippen LogP contribution in [-0.4, -0.2) is 64.5 Å². The first-order valence-corrected chi connectivity index (χ1v) is 8.63. The van der Waals surface area contributed by atoms with Crippen LogP contribution in [0, 0.1) is 0 Å². The minimum atomic E-state index is -0.710. The number of hydrogen-bond acceptors (Lipinski definition) is 5. The number of rotatable bonds is 4. The first-order valence-electron chi connectivity index (χ1n) is 8.63. The van der Waals surface area contributed by atoms with Crippen molar-refractivity contribution in [1.82, 2.24) is 20.0 Å². The molecule has 1 aliphatic rings. The maximum Gasteiger partial charge on any atom is 0.255 e. The van der Waals surface area contributed by atoms with Gasteiger partial charge < -0.3 is 15.1 Å². The van der Waals surface area contributed by atoms with Crippen molar-refractivity contribution in [2.24, 2.45) is 0 Å². The van der Waals surface area contributed by atoms with Gasteiger partial charge in [-0.1, -0.05) is 18.2 Å². The Morgan fingerprint density at radius 1 is 1.08 bits per heavy atom. The molecule has 0 radical (unpaired) electrons. The largest absolute Gasteiger partial charge is 0.371 e. The van der Waals surface area contributed by atoms with Crippen molar-refractivity contribution in [3.05, 3.63) is 54.4 Å². The van der Waals surface area contributed by atoms with Crippen LogP contribution in [0.5, 0.6) is 0 Å². The zero-order valence-electron chi connectivity index (χ0n) is 15.1. The fourth-order valence-electron chi connectivity index (χ4n) is 3.31. The molecule has 1 aromatic carbocycles. The third-order valence-electron chi connectivity index (χ3n) is 4.71. The lowest BCUT2D eigenvalue weighted by Gasteiger charge is -2.43. The van der Waals surface area contributed by atoms with E-state index in [1.165, 1.54) is 12.4 Å². The average Bonchev–Trinajstić information content (AvgIpc) is 2.69. The minimum Gasteiger partial charge on any atom is -0.371 e. The molecule has 0 aliphatic carbocycles. The molecule has 1 aliphatic heterocycles. The number of likely N-dealkylation sites (N-methyl/N-ethyl adjacent to an activating group) is 1. The second kappa shape index (κ2) is 7.51. The van der Waals surface area contributed by atoms with Crippen LogP contribution in [0.1, 0.15) is 23.2 Å². The Hall–Kier alpha value is -2.96. The lowest BCUT2D eigenvalue weighted by Crippen LogP contribution is -2.58. The van der Waals surface area contributed by atoms with Crippen molar-refractivity contribution in [2.75, 3.05) is 32.5 Å². The topological polar surface area (TPSA) is 78.4 Å². The van der Waals surface area contributed by atoms with Crippen LogP contribution < -0.4 is 5.32 Å². The molecule has 0 unspecified atom stereocenters. The molecule has 7 nitrogen and oxygen atoms in total. The van der Waals surface area contributed by atoms with Crippen molar-refractivity contribution in [1.29, 1.82) is 0 Å². The Morgan fingerprint density at radius 2 is 1.77 bits per heavy atom. The number of carbonyl (C=O) groups excluding carboxylic acids is 2. The van der Waals surface area contributed by atoms with Gasteiger partial charge in [-0.2, -0.15) is 10.2 Å². The summed E-state index contributed by atoms with van der Waals surface area (Å²) in [7, 11) is 3.52. The van der Waals surface area contributed by atoms with E-state index in [1.54, 1.807) is 30.0 Å². The van der Waals surface area contributed by atoms with Crippen molar-refractivity contribution in [3.8, 4) is 0 Å². The maximum absolute atomic E-state index is 12.9. The summed E-state index contributed by atoms with van der Waals surface area (Å²) in [5.74, 6) is -0.0513. The highest BCUT2D eigenvalue weighted by atomic mass is 16.2. The molecule has 2 aromatic rings. The number of anilines is 1. The molecule has 26 heavy (non-hydrogen) atoms. The van der Waals surface area contributed by atoms with Gasteiger partial charge in [0.1, 0.15) is 5.54 Å². The van der Waals surface area contributed by atoms with Gasteiger partial charge in [-0.25, -0.2) is 0 Å². The summed E-state index contributed by atoms with van der Waals surface area (Å²) in [6, 6.07) is 11.4. The lowest BCUT2D eigenvalue weighted by molar-refractivity contribution is -0.135. The number of nitrogens with zero attached hydrogens (tertiary/aromatic N) is 4. The van der Waals surface area contributed by atoms with Crippen molar-refractivity contribution >= 4 is 17.5 Å². The second-order valence-corrected chi connectivity index (χ2v) is 6.70. The fourth-order valence-corrected chi connectivity index (χ4v) is 3.31. The van der Waals surface area contributed by atoms with Crippen LogP contribution in [0.2, 0.25) is 0 Å². The summed E-state index contributed by atoms with van der Waals surface area (Å²) in [6.07, 6.45) is 4.07. The summed E-state index contributed by atoms with van der Waals surface area (Å²) < 4.78 is 0. The van der Waals surface area contributed by atoms with Gasteiger partial charge in [0.15, 0.2) is 0 Å². The molecule has 1 N–H and O–H groups in total. The quantitative estimate of drug-likeness (QED) is 0.904. The molecular formula is C19H23N5O2. The van der Waals surface area contributed by atoms with Gasteiger partial charge in [-0.3, -0.25) is 9.59 Å². The Morgan fingerprint density at radius 3 is 2.35 bits per heavy atom. The number of amides is 2. The molecule has 1 saturated heterocycles. The van der Waals surface area contributed by atoms with Gasteiger partial charge in [0.2, 0.25) is 5.91 Å². The Balaban J connectivity index is 1.76. The summed E-state index contributed by atoms with van der Waals surface area (Å²) in [4.78, 5) is 28.9. The maximum atomic E-state index is 12.9. The number of piperidine rings is 1. The molecule has 0 bridgehead atoms. The number of nitrogens with one attached hydrogen (secondary N) is 1. The number of para-hydroxylation sites is 1. The number of carbonyl (C=O) groups is 2. The molecule has 1 aromatic heterocycles. The predicted molar refractivity (Wildman–Crippen MR) is 98.7 cm³/mol. The van der Waals surface area contributed by atoms with Crippen molar-refractivity contribution in [3.63, 3.8) is 0 Å². The van der Waals surface area contributed by atoms with Crippen LogP contribution in [0.15, 0.2) is 48.8 Å². The normalized spacial score (nSPS) is 16.0. The number of likely N-dealkylation sites (tertiary alicyclic amines) is 1. The molecule has 2 amide bonds. The first-order chi connectivity index (χ1) is 12.5. The zero-order chi connectivity index (χ0) is 18.6. The monoisotopic (exact) mass is 353 g/mol. The van der Waals surface area contributed by atoms with Gasteiger partial charge in [-0.15, -0.1) is 0 Å². The summed E-state index contributed by atoms with van der Waals surface area (Å²) >= 11 is 0. The molecule has 1 fully saturated rings. The Bertz CT molecular complexity index is 756. The van der Waals surface area contributed by atoms with Gasteiger partial charge >= 0.3 is 0 Å². The van der Waals surface area contributed by atoms with Crippen molar-refractivity contribution in [2.45, 2.75) is 18.4 Å². The highest BCUT2D eigenvalue weighted by Crippen LogP contribution is 2.29. The average molecular weight is 353 g/mol. The summed E-state index contributed by atoms with van der Waals surface area (Å²) in [5, 5.41) is 10.9. The van der Waals surface area contributed by atoms with E-state index in [9.17, 15) is 9.59 Å². The molecule has 0 spiro atoms. The van der Waals surface area contributed by atoms with Crippen LogP contribution in [0.25, 0.3) is 0 Å². The van der Waals surface area contributed by atoms with E-state index >= 15 is 0 Å². The summed E-state index contributed by atoms with van der Waals surface area (Å²) in [5.41, 5.74) is 0.709. The minimum absolute atomic E-state index is 0.0269. The fraction of sp³-hybridized carbons (Fsp3) is 0.368. The molecule has 7 heteroatoms. The van der Waals surface area contributed by atoms with Gasteiger partial charge in [0.05, 0.1) is 18.0 Å². The second-order valence-electron chi connectivity index (χ2n) is 6.70. The lowest BCUT2D eigenvalue weighted by atomic mass is 9.85. The molecule has 3 rings (SSSR count). The van der Waals surface area contributed by atoms with Crippen LogP contribution in [0.4, 0.5) is 5.69 Å². The number of aromatic nitrogens is 2. The van der Waals surface area contributed by atoms with E-state index in [0.717, 1.165) is 5.69 Å². The first kappa shape index (κ1) is 17.8. The number of hydrogen-bond donors (Lipinski definition) is 1. The molecule has 2 heterocycles. The van der Waals surface area contributed by atoms with Crippen LogP contribution in [-0.2, 0) is 4.79 Å². The molecule has 0 saturated carbocycles. The van der Waals surface area contributed by atoms with E-state index in [-0.39, 0.29) is 11.8 Å². The smallest absolute Gasteiger partial charge is 0.255 e. The summed E-state index contributed by atoms with van der Waals surface area (Å²) in [6.45, 7) is 1.00. The van der Waals surface area contributed by atoms with Crippen molar-refractivity contribution < 1.29 is 9.59 Å². The van der Waals surface area contributed by atoms with Crippen LogP contribution in [0.3, 0.4) is 0 Å². The zero-order valence-corrected chi connectivity index (χ0v) is 15.1. The predicted octanol–water partition coefficient (Wildman–Crippen LogP) is 1.65. The highest BCUT2D eigenvalue weighted by molar-refractivity contribution is 5.94. The van der Waals surface area contributed by atoms with Gasteiger partial charge in [-0.05, 0) is 31.0 Å². The third kappa shape index (κ3) is 3.66. The Kier molecular flexibility index (Phi) is 5.16. The van der Waals surface area contributed by atoms with Crippen LogP contribution >= 0.6 is 0 Å². The molecular weight excluding hydrogens is 330 g/mol. The van der Waals surface area contributed by atoms with Gasteiger partial charge in [0, 0.05) is 32.9 Å².